The molecule has 1 unspecified atom stereocenters. The first-order valence-corrected chi connectivity index (χ1v) is 12.8. The molecule has 0 bridgehead atoms. The van der Waals surface area contributed by atoms with Crippen LogP contribution in [-0.4, -0.2) is 26.5 Å². The molecule has 0 spiro atoms. The fourth-order valence-electron chi connectivity index (χ4n) is 3.97. The number of aromatic amines is 1. The van der Waals surface area contributed by atoms with E-state index in [9.17, 15) is 10.1 Å². The van der Waals surface area contributed by atoms with E-state index >= 15 is 0 Å². The number of benzene rings is 2. The predicted molar refractivity (Wildman–Crippen MR) is 128 cm³/mol. The number of nitriles is 1. The Labute approximate surface area is 190 Å². The van der Waals surface area contributed by atoms with Crippen molar-refractivity contribution in [1.82, 2.24) is 13.9 Å². The fourth-order valence-corrected chi connectivity index (χ4v) is 5.37. The number of halogens is 1. The van der Waals surface area contributed by atoms with Crippen LogP contribution in [0.4, 0.5) is 0 Å². The van der Waals surface area contributed by atoms with Crippen LogP contribution in [0.3, 0.4) is 0 Å². The topological polar surface area (TPSA) is 83.7 Å². The van der Waals surface area contributed by atoms with Gasteiger partial charge in [0.1, 0.15) is 11.7 Å². The maximum absolute atomic E-state index is 13.2. The normalized spacial score (nSPS) is 12.2. The molecule has 2 heterocycles. The van der Waals surface area contributed by atoms with E-state index in [0.29, 0.717) is 16.9 Å². The first kappa shape index (κ1) is 20.8. The third-order valence-corrected chi connectivity index (χ3v) is 6.89. The molecule has 4 aromatic rings. The SMILES string of the molecule is CCOC(=O)C(c1nc2ccc(C#N)cc2[nH]1)c1c(C)cc(C)c2c1ccn2SI. The molecule has 4 rings (SSSR count). The molecule has 0 aliphatic carbocycles. The molecule has 0 saturated carbocycles. The predicted octanol–water partition coefficient (Wildman–Crippen LogP) is 5.55. The molecule has 30 heavy (non-hydrogen) atoms. The summed E-state index contributed by atoms with van der Waals surface area (Å²) in [5, 5.41) is 10.2. The van der Waals surface area contributed by atoms with Crippen LogP contribution in [0.2, 0.25) is 0 Å². The fraction of sp³-hybridized carbons (Fsp3) is 0.227. The first-order chi connectivity index (χ1) is 14.5. The molecule has 0 aliphatic heterocycles. The second-order valence-corrected chi connectivity index (χ2v) is 8.76. The summed E-state index contributed by atoms with van der Waals surface area (Å²) in [6, 6.07) is 11.5. The minimum atomic E-state index is -0.693. The molecule has 1 N–H and O–H groups in total. The zero-order valence-corrected chi connectivity index (χ0v) is 19.7. The van der Waals surface area contributed by atoms with Crippen molar-refractivity contribution in [2.45, 2.75) is 26.7 Å². The molecular formula is C22H19IN4O2S. The minimum absolute atomic E-state index is 0.285. The highest BCUT2D eigenvalue weighted by Crippen LogP contribution is 2.38. The monoisotopic (exact) mass is 530 g/mol. The zero-order chi connectivity index (χ0) is 21.4. The van der Waals surface area contributed by atoms with Crippen molar-refractivity contribution >= 4 is 58.2 Å². The van der Waals surface area contributed by atoms with E-state index in [4.69, 9.17) is 4.74 Å². The largest absolute Gasteiger partial charge is 0.465 e. The molecule has 0 radical (unpaired) electrons. The highest BCUT2D eigenvalue weighted by molar-refractivity contribution is 14.2. The number of nitrogens with zero attached hydrogens (tertiary/aromatic N) is 3. The van der Waals surface area contributed by atoms with E-state index in [1.807, 2.05) is 19.2 Å². The van der Waals surface area contributed by atoms with Crippen LogP contribution in [0.1, 0.15) is 40.9 Å². The maximum Gasteiger partial charge on any atom is 0.321 e. The number of fused-ring (bicyclic) bond motifs is 2. The van der Waals surface area contributed by atoms with Crippen LogP contribution in [0.15, 0.2) is 36.5 Å². The average Bonchev–Trinajstić information content (AvgIpc) is 3.34. The molecule has 2 aromatic heterocycles. The number of nitrogens with one attached hydrogen (secondary N) is 1. The second-order valence-electron chi connectivity index (χ2n) is 7.05. The average molecular weight is 530 g/mol. The smallest absolute Gasteiger partial charge is 0.321 e. The third-order valence-electron chi connectivity index (χ3n) is 5.16. The van der Waals surface area contributed by atoms with E-state index < -0.39 is 5.92 Å². The van der Waals surface area contributed by atoms with Crippen LogP contribution < -0.4 is 0 Å². The maximum atomic E-state index is 13.2. The lowest BCUT2D eigenvalue weighted by molar-refractivity contribution is -0.144. The lowest BCUT2D eigenvalue weighted by Gasteiger charge is -2.19. The van der Waals surface area contributed by atoms with Gasteiger partial charge in [0.15, 0.2) is 0 Å². The molecule has 6 nitrogen and oxygen atoms in total. The summed E-state index contributed by atoms with van der Waals surface area (Å²) < 4.78 is 7.55. The van der Waals surface area contributed by atoms with Crippen molar-refractivity contribution in [2.24, 2.45) is 0 Å². The number of carbonyl (C=O) groups excluding carboxylic acids is 1. The molecule has 0 saturated heterocycles. The molecule has 0 fully saturated rings. The molecule has 152 valence electrons. The van der Waals surface area contributed by atoms with Gasteiger partial charge in [0.05, 0.1) is 34.8 Å². The first-order valence-electron chi connectivity index (χ1n) is 9.45. The van der Waals surface area contributed by atoms with Crippen molar-refractivity contribution in [3.63, 3.8) is 0 Å². The van der Waals surface area contributed by atoms with Gasteiger partial charge in [-0.25, -0.2) is 4.98 Å². The summed E-state index contributed by atoms with van der Waals surface area (Å²) in [7, 11) is 1.58. The van der Waals surface area contributed by atoms with E-state index in [1.165, 1.54) is 0 Å². The highest BCUT2D eigenvalue weighted by atomic mass is 127. The Morgan fingerprint density at radius 3 is 2.83 bits per heavy atom. The number of H-pyrrole nitrogens is 1. The summed E-state index contributed by atoms with van der Waals surface area (Å²) in [4.78, 5) is 21.1. The van der Waals surface area contributed by atoms with E-state index in [2.05, 4.69) is 54.2 Å². The number of imidazole rings is 1. The third kappa shape index (κ3) is 3.46. The minimum Gasteiger partial charge on any atom is -0.465 e. The van der Waals surface area contributed by atoms with Gasteiger partial charge < -0.3 is 9.72 Å². The molecule has 2 aromatic carbocycles. The van der Waals surface area contributed by atoms with Gasteiger partial charge in [0.2, 0.25) is 0 Å². The summed E-state index contributed by atoms with van der Waals surface area (Å²) in [5.41, 5.74) is 6.08. The van der Waals surface area contributed by atoms with Gasteiger partial charge >= 0.3 is 5.97 Å². The van der Waals surface area contributed by atoms with Gasteiger partial charge in [-0.2, -0.15) is 5.26 Å². The zero-order valence-electron chi connectivity index (χ0n) is 16.7. The van der Waals surface area contributed by atoms with Crippen LogP contribution in [0.25, 0.3) is 21.9 Å². The number of rotatable bonds is 5. The van der Waals surface area contributed by atoms with Crippen molar-refractivity contribution < 1.29 is 9.53 Å². The highest BCUT2D eigenvalue weighted by Gasteiger charge is 2.31. The Bertz CT molecular complexity index is 1320. The Kier molecular flexibility index (Phi) is 5.75. The van der Waals surface area contributed by atoms with E-state index in [0.717, 1.165) is 33.1 Å². The standard InChI is InChI=1S/C22H19IN4O2S/c1-4-29-22(28)19(21-25-16-6-5-14(11-24)10-17(16)26-21)18-12(2)9-13(3)20-15(18)7-8-27(20)30-23/h5-10,19H,4H2,1-3H3,(H,25,26). The quantitative estimate of drug-likeness (QED) is 0.270. The van der Waals surface area contributed by atoms with Crippen LogP contribution in [0.5, 0.6) is 0 Å². The summed E-state index contributed by atoms with van der Waals surface area (Å²) in [6.45, 7) is 6.17. The molecule has 8 heteroatoms. The number of hydrogen-bond acceptors (Lipinski definition) is 5. The molecular weight excluding hydrogens is 511 g/mol. The Morgan fingerprint density at radius 1 is 1.33 bits per heavy atom. The number of aromatic nitrogens is 3. The van der Waals surface area contributed by atoms with Crippen molar-refractivity contribution in [1.29, 1.82) is 5.26 Å². The number of esters is 1. The van der Waals surface area contributed by atoms with Crippen LogP contribution >= 0.6 is 30.3 Å². The molecule has 0 aliphatic rings. The number of hydrogen-bond donors (Lipinski definition) is 1. The number of ether oxygens (including phenoxy) is 1. The molecule has 1 atom stereocenters. The summed E-state index contributed by atoms with van der Waals surface area (Å²) >= 11 is 2.25. The van der Waals surface area contributed by atoms with Crippen LogP contribution in [0, 0.1) is 25.2 Å². The lowest BCUT2D eigenvalue weighted by Crippen LogP contribution is -2.20. The number of carbonyl (C=O) groups is 1. The summed E-state index contributed by atoms with van der Waals surface area (Å²) in [5.74, 6) is -0.525. The Hall–Kier alpha value is -2.51. The molecule has 0 amide bonds. The van der Waals surface area contributed by atoms with Gasteiger partial charge in [-0.05, 0) is 61.7 Å². The summed E-state index contributed by atoms with van der Waals surface area (Å²) in [6.07, 6.45) is 2.01. The van der Waals surface area contributed by atoms with Crippen molar-refractivity contribution in [3.8, 4) is 6.07 Å². The Morgan fingerprint density at radius 2 is 2.13 bits per heavy atom. The van der Waals surface area contributed by atoms with Gasteiger partial charge in [-0.15, -0.1) is 0 Å². The number of aryl methyl sites for hydroxylation is 2. The van der Waals surface area contributed by atoms with E-state index in [-0.39, 0.29) is 12.6 Å². The van der Waals surface area contributed by atoms with E-state index in [1.54, 1.807) is 34.2 Å². The van der Waals surface area contributed by atoms with Crippen LogP contribution in [-0.2, 0) is 9.53 Å². The van der Waals surface area contributed by atoms with Gasteiger partial charge in [-0.1, -0.05) is 6.07 Å². The van der Waals surface area contributed by atoms with Gasteiger partial charge in [-0.3, -0.25) is 8.77 Å². The lowest BCUT2D eigenvalue weighted by atomic mass is 9.89. The van der Waals surface area contributed by atoms with Crippen molar-refractivity contribution in [2.75, 3.05) is 6.61 Å². The Balaban J connectivity index is 1.99. The van der Waals surface area contributed by atoms with Gasteiger partial charge in [0, 0.05) is 41.9 Å². The van der Waals surface area contributed by atoms with Gasteiger partial charge in [0.25, 0.3) is 0 Å². The van der Waals surface area contributed by atoms with Crippen molar-refractivity contribution in [3.05, 3.63) is 64.6 Å². The second kappa shape index (κ2) is 8.32.